The van der Waals surface area contributed by atoms with E-state index in [4.69, 9.17) is 5.73 Å². The summed E-state index contributed by atoms with van der Waals surface area (Å²) in [4.78, 5) is 18.0. The molecule has 5 heteroatoms. The Kier molecular flexibility index (Phi) is 4.49. The first-order valence-electron chi connectivity index (χ1n) is 5.66. The second-order valence-electron chi connectivity index (χ2n) is 3.64. The maximum atomic E-state index is 12.1. The average Bonchev–Trinajstić information content (AvgIpc) is 2.77. The number of likely N-dealkylation sites (N-methyl/N-ethyl adjacent to an activating group) is 1. The van der Waals surface area contributed by atoms with Crippen LogP contribution in [0.2, 0.25) is 0 Å². The van der Waals surface area contributed by atoms with Gasteiger partial charge in [-0.05, 0) is 20.8 Å². The number of rotatable bonds is 5. The normalized spacial score (nSPS) is 12.5. The fourth-order valence-corrected chi connectivity index (χ4v) is 1.77. The van der Waals surface area contributed by atoms with Crippen LogP contribution in [-0.4, -0.2) is 33.4 Å². The fourth-order valence-electron chi connectivity index (χ4n) is 1.77. The van der Waals surface area contributed by atoms with Crippen molar-refractivity contribution in [1.82, 2.24) is 14.5 Å². The van der Waals surface area contributed by atoms with E-state index >= 15 is 0 Å². The monoisotopic (exact) mass is 224 g/mol. The molecule has 1 heterocycles. The highest BCUT2D eigenvalue weighted by Crippen LogP contribution is 2.12. The van der Waals surface area contributed by atoms with Gasteiger partial charge in [-0.15, -0.1) is 0 Å². The number of imidazole rings is 1. The van der Waals surface area contributed by atoms with Crippen LogP contribution >= 0.6 is 0 Å². The van der Waals surface area contributed by atoms with Crippen molar-refractivity contribution in [1.29, 1.82) is 0 Å². The number of carbonyl (C=O) groups excluding carboxylic acids is 1. The Morgan fingerprint density at radius 3 is 2.69 bits per heavy atom. The highest BCUT2D eigenvalue weighted by molar-refractivity contribution is 5.80. The number of hydrogen-bond acceptors (Lipinski definition) is 3. The molecule has 1 aromatic rings. The Morgan fingerprint density at radius 1 is 1.56 bits per heavy atom. The number of nitrogens with zero attached hydrogens (tertiary/aromatic N) is 3. The molecule has 1 aromatic heterocycles. The van der Waals surface area contributed by atoms with Crippen molar-refractivity contribution in [3.63, 3.8) is 0 Å². The molecule has 2 N–H and O–H groups in total. The lowest BCUT2D eigenvalue weighted by Gasteiger charge is -2.24. The number of aromatic nitrogens is 2. The molecule has 0 fully saturated rings. The number of nitrogens with two attached hydrogens (primary N) is 1. The number of hydrogen-bond donors (Lipinski definition) is 1. The molecule has 1 unspecified atom stereocenters. The molecule has 0 saturated carbocycles. The van der Waals surface area contributed by atoms with Gasteiger partial charge >= 0.3 is 0 Å². The zero-order valence-corrected chi connectivity index (χ0v) is 10.2. The third kappa shape index (κ3) is 2.41. The Morgan fingerprint density at radius 2 is 2.19 bits per heavy atom. The van der Waals surface area contributed by atoms with Gasteiger partial charge in [0.1, 0.15) is 11.9 Å². The van der Waals surface area contributed by atoms with Crippen LogP contribution in [0.25, 0.3) is 0 Å². The molecule has 0 spiro atoms. The molecule has 16 heavy (non-hydrogen) atoms. The van der Waals surface area contributed by atoms with Crippen molar-refractivity contribution < 1.29 is 4.79 Å². The van der Waals surface area contributed by atoms with Crippen molar-refractivity contribution in [3.05, 3.63) is 18.2 Å². The van der Waals surface area contributed by atoms with E-state index in [2.05, 4.69) is 4.98 Å². The molecule has 0 aliphatic heterocycles. The topological polar surface area (TPSA) is 64.2 Å². The smallest absolute Gasteiger partial charge is 0.245 e. The van der Waals surface area contributed by atoms with E-state index < -0.39 is 0 Å². The number of amides is 1. The van der Waals surface area contributed by atoms with Gasteiger partial charge in [-0.1, -0.05) is 0 Å². The molecular formula is C11H20N4O. The van der Waals surface area contributed by atoms with Gasteiger partial charge in [-0.3, -0.25) is 4.79 Å². The van der Waals surface area contributed by atoms with Crippen LogP contribution < -0.4 is 5.73 Å². The molecule has 0 radical (unpaired) electrons. The third-order valence-corrected chi connectivity index (χ3v) is 2.78. The molecule has 90 valence electrons. The van der Waals surface area contributed by atoms with Crippen LogP contribution in [0, 0.1) is 0 Å². The predicted octanol–water partition coefficient (Wildman–Crippen LogP) is 0.771. The minimum atomic E-state index is -0.235. The van der Waals surface area contributed by atoms with Crippen LogP contribution in [0.5, 0.6) is 0 Å². The van der Waals surface area contributed by atoms with Gasteiger partial charge in [-0.2, -0.15) is 0 Å². The van der Waals surface area contributed by atoms with Crippen molar-refractivity contribution in [3.8, 4) is 0 Å². The van der Waals surface area contributed by atoms with Crippen molar-refractivity contribution in [2.24, 2.45) is 5.73 Å². The van der Waals surface area contributed by atoms with Gasteiger partial charge in [0.15, 0.2) is 0 Å². The summed E-state index contributed by atoms with van der Waals surface area (Å²) in [5, 5.41) is 0. The molecule has 0 aliphatic carbocycles. The first-order chi connectivity index (χ1) is 7.65. The standard InChI is InChI=1S/C11H20N4O/c1-4-14(5-2)11(16)9(3)15-7-6-13-10(15)8-12/h6-7,9H,4-5,8,12H2,1-3H3. The minimum absolute atomic E-state index is 0.109. The van der Waals surface area contributed by atoms with E-state index in [-0.39, 0.29) is 11.9 Å². The van der Waals surface area contributed by atoms with Gasteiger partial charge in [0.25, 0.3) is 0 Å². The third-order valence-electron chi connectivity index (χ3n) is 2.78. The lowest BCUT2D eigenvalue weighted by molar-refractivity contribution is -0.133. The molecule has 1 amide bonds. The van der Waals surface area contributed by atoms with E-state index in [1.165, 1.54) is 0 Å². The van der Waals surface area contributed by atoms with Crippen molar-refractivity contribution in [2.75, 3.05) is 13.1 Å². The Labute approximate surface area is 96.3 Å². The zero-order valence-electron chi connectivity index (χ0n) is 10.2. The van der Waals surface area contributed by atoms with E-state index in [1.807, 2.05) is 30.2 Å². The second-order valence-corrected chi connectivity index (χ2v) is 3.64. The summed E-state index contributed by atoms with van der Waals surface area (Å²) in [5.74, 6) is 0.853. The SMILES string of the molecule is CCN(CC)C(=O)C(C)n1ccnc1CN. The molecule has 5 nitrogen and oxygen atoms in total. The summed E-state index contributed by atoms with van der Waals surface area (Å²) in [6, 6.07) is -0.235. The second kappa shape index (κ2) is 5.65. The lowest BCUT2D eigenvalue weighted by atomic mass is 10.2. The van der Waals surface area contributed by atoms with Gasteiger partial charge in [-0.25, -0.2) is 4.98 Å². The molecule has 0 aliphatic rings. The van der Waals surface area contributed by atoms with Crippen LogP contribution in [-0.2, 0) is 11.3 Å². The van der Waals surface area contributed by atoms with E-state index in [0.29, 0.717) is 6.54 Å². The molecule has 1 atom stereocenters. The molecular weight excluding hydrogens is 204 g/mol. The quantitative estimate of drug-likeness (QED) is 0.803. The first-order valence-corrected chi connectivity index (χ1v) is 5.66. The van der Waals surface area contributed by atoms with Gasteiger partial charge in [0.05, 0.1) is 6.54 Å². The van der Waals surface area contributed by atoms with Crippen LogP contribution in [0.4, 0.5) is 0 Å². The summed E-state index contributed by atoms with van der Waals surface area (Å²) in [7, 11) is 0. The Balaban J connectivity index is 2.85. The molecule has 0 saturated heterocycles. The Bertz CT molecular complexity index is 344. The maximum Gasteiger partial charge on any atom is 0.245 e. The summed E-state index contributed by atoms with van der Waals surface area (Å²) >= 11 is 0. The molecule has 0 aromatic carbocycles. The lowest BCUT2D eigenvalue weighted by Crippen LogP contribution is -2.36. The summed E-state index contributed by atoms with van der Waals surface area (Å²) in [5.41, 5.74) is 5.57. The highest BCUT2D eigenvalue weighted by Gasteiger charge is 2.20. The summed E-state index contributed by atoms with van der Waals surface area (Å²) in [6.45, 7) is 7.64. The average molecular weight is 224 g/mol. The first kappa shape index (κ1) is 12.7. The van der Waals surface area contributed by atoms with Crippen LogP contribution in [0.3, 0.4) is 0 Å². The zero-order chi connectivity index (χ0) is 12.1. The fraction of sp³-hybridized carbons (Fsp3) is 0.636. The van der Waals surface area contributed by atoms with Gasteiger partial charge in [0.2, 0.25) is 5.91 Å². The van der Waals surface area contributed by atoms with Gasteiger partial charge in [0, 0.05) is 25.5 Å². The maximum absolute atomic E-state index is 12.1. The largest absolute Gasteiger partial charge is 0.341 e. The molecule has 0 bridgehead atoms. The van der Waals surface area contributed by atoms with Crippen LogP contribution in [0.1, 0.15) is 32.6 Å². The Hall–Kier alpha value is -1.36. The number of carbonyl (C=O) groups is 1. The van der Waals surface area contributed by atoms with Crippen molar-refractivity contribution in [2.45, 2.75) is 33.4 Å². The summed E-state index contributed by atoms with van der Waals surface area (Å²) < 4.78 is 1.83. The predicted molar refractivity (Wildman–Crippen MR) is 62.8 cm³/mol. The minimum Gasteiger partial charge on any atom is -0.341 e. The van der Waals surface area contributed by atoms with Crippen molar-refractivity contribution >= 4 is 5.91 Å². The van der Waals surface area contributed by atoms with E-state index in [9.17, 15) is 4.79 Å². The van der Waals surface area contributed by atoms with E-state index in [1.54, 1.807) is 12.4 Å². The summed E-state index contributed by atoms with van der Waals surface area (Å²) in [6.07, 6.45) is 3.47. The van der Waals surface area contributed by atoms with E-state index in [0.717, 1.165) is 18.9 Å². The van der Waals surface area contributed by atoms with Crippen LogP contribution in [0.15, 0.2) is 12.4 Å². The highest BCUT2D eigenvalue weighted by atomic mass is 16.2. The molecule has 1 rings (SSSR count). The van der Waals surface area contributed by atoms with Gasteiger partial charge < -0.3 is 15.2 Å².